The zero-order valence-electron chi connectivity index (χ0n) is 3.60. The second kappa shape index (κ2) is 3.02. The molecule has 0 bridgehead atoms. The van der Waals surface area contributed by atoms with Crippen molar-refractivity contribution in [2.45, 2.75) is 0 Å². The Morgan fingerprint density at radius 1 is 1.67 bits per heavy atom. The molecule has 0 saturated carbocycles. The van der Waals surface area contributed by atoms with E-state index in [9.17, 15) is 0 Å². The molecule has 26 valence electrons. The summed E-state index contributed by atoms with van der Waals surface area (Å²) >= 11 is 0. The predicted octanol–water partition coefficient (Wildman–Crippen LogP) is -2.79. The summed E-state index contributed by atoms with van der Waals surface area (Å²) in [6.45, 7) is 0. The molecule has 1 aromatic rings. The molecule has 0 atom stereocenters. The van der Waals surface area contributed by atoms with Crippen LogP contribution in [-0.2, 0) is 0 Å². The third-order valence-corrected chi connectivity index (χ3v) is 0.362. The van der Waals surface area contributed by atoms with Gasteiger partial charge in [0.1, 0.15) is 0 Å². The SMILES string of the molecule is [Li+].[c-]1cn[nH]c1. The van der Waals surface area contributed by atoms with Crippen LogP contribution in [0.3, 0.4) is 0 Å². The zero-order valence-corrected chi connectivity index (χ0v) is 3.60. The molecule has 0 radical (unpaired) electrons. The summed E-state index contributed by atoms with van der Waals surface area (Å²) < 4.78 is 0. The fourth-order valence-corrected chi connectivity index (χ4v) is 0.186. The van der Waals surface area contributed by atoms with Crippen molar-refractivity contribution in [2.24, 2.45) is 0 Å². The van der Waals surface area contributed by atoms with Gasteiger partial charge < -0.3 is 11.2 Å². The second-order valence-corrected chi connectivity index (χ2v) is 0.698. The van der Waals surface area contributed by atoms with Crippen molar-refractivity contribution < 1.29 is 18.9 Å². The molecule has 1 N–H and O–H groups in total. The molecule has 0 aromatic carbocycles. The van der Waals surface area contributed by atoms with Crippen LogP contribution < -0.4 is 18.9 Å². The third kappa shape index (κ3) is 1.30. The number of nitrogens with zero attached hydrogens (tertiary/aromatic N) is 1. The molecule has 0 spiro atoms. The van der Waals surface area contributed by atoms with E-state index in [0.29, 0.717) is 0 Å². The van der Waals surface area contributed by atoms with Gasteiger partial charge in [-0.25, -0.2) is 5.10 Å². The van der Waals surface area contributed by atoms with Gasteiger partial charge in [-0.1, -0.05) is 0 Å². The van der Waals surface area contributed by atoms with Crippen LogP contribution in [0.15, 0.2) is 12.4 Å². The van der Waals surface area contributed by atoms with Gasteiger partial charge in [0.2, 0.25) is 0 Å². The van der Waals surface area contributed by atoms with Gasteiger partial charge in [0, 0.05) is 0 Å². The molecule has 0 unspecified atom stereocenters. The largest absolute Gasteiger partial charge is 1.00 e. The molecular weight excluding hydrogens is 71.0 g/mol. The molecule has 6 heavy (non-hydrogen) atoms. The Morgan fingerprint density at radius 3 is 2.67 bits per heavy atom. The van der Waals surface area contributed by atoms with Crippen LogP contribution in [0.2, 0.25) is 0 Å². The first kappa shape index (κ1) is 5.81. The predicted molar refractivity (Wildman–Crippen MR) is 17.4 cm³/mol. The first-order valence-corrected chi connectivity index (χ1v) is 1.35. The van der Waals surface area contributed by atoms with Crippen LogP contribution in [0.1, 0.15) is 0 Å². The Hall–Kier alpha value is -0.193. The Morgan fingerprint density at radius 2 is 2.50 bits per heavy atom. The third-order valence-electron chi connectivity index (χ3n) is 0.362. The first-order chi connectivity index (χ1) is 2.50. The van der Waals surface area contributed by atoms with E-state index in [-0.39, 0.29) is 18.9 Å². The van der Waals surface area contributed by atoms with E-state index in [1.54, 1.807) is 12.4 Å². The standard InChI is InChI=1S/C3H3N2.Li/c1-2-4-5-3-1;/h2-3H,(H,4,5);/q-1;+1. The topological polar surface area (TPSA) is 28.7 Å². The van der Waals surface area contributed by atoms with E-state index in [1.807, 2.05) is 0 Å². The maximum absolute atomic E-state index is 3.54. The normalized spacial score (nSPS) is 6.67. The van der Waals surface area contributed by atoms with Gasteiger partial charge in [0.05, 0.1) is 0 Å². The number of aromatic nitrogens is 2. The van der Waals surface area contributed by atoms with E-state index in [2.05, 4.69) is 16.3 Å². The van der Waals surface area contributed by atoms with E-state index in [4.69, 9.17) is 0 Å². The van der Waals surface area contributed by atoms with Crippen molar-refractivity contribution in [3.05, 3.63) is 18.5 Å². The summed E-state index contributed by atoms with van der Waals surface area (Å²) in [5.74, 6) is 0. The van der Waals surface area contributed by atoms with Crippen molar-refractivity contribution >= 4 is 0 Å². The molecule has 3 heteroatoms. The molecule has 0 aliphatic heterocycles. The van der Waals surface area contributed by atoms with Crippen molar-refractivity contribution in [1.29, 1.82) is 0 Å². The monoisotopic (exact) mass is 74.0 g/mol. The fourth-order valence-electron chi connectivity index (χ4n) is 0.186. The van der Waals surface area contributed by atoms with Crippen LogP contribution in [0, 0.1) is 6.07 Å². The van der Waals surface area contributed by atoms with Crippen molar-refractivity contribution in [1.82, 2.24) is 10.2 Å². The van der Waals surface area contributed by atoms with E-state index in [1.165, 1.54) is 0 Å². The smallest absolute Gasteiger partial charge is 0.433 e. The number of nitrogens with one attached hydrogen (secondary N) is 1. The number of hydrogen-bond acceptors (Lipinski definition) is 1. The van der Waals surface area contributed by atoms with Gasteiger partial charge in [0.15, 0.2) is 0 Å². The van der Waals surface area contributed by atoms with Gasteiger partial charge in [-0.15, -0.1) is 6.20 Å². The Bertz CT molecular complexity index is 65.3. The maximum Gasteiger partial charge on any atom is 1.00 e. The summed E-state index contributed by atoms with van der Waals surface area (Å²) in [6.07, 6.45) is 3.21. The van der Waals surface area contributed by atoms with Crippen molar-refractivity contribution in [2.75, 3.05) is 0 Å². The van der Waals surface area contributed by atoms with Gasteiger partial charge in [-0.05, 0) is 0 Å². The minimum absolute atomic E-state index is 0. The van der Waals surface area contributed by atoms with Gasteiger partial charge in [-0.3, -0.25) is 0 Å². The van der Waals surface area contributed by atoms with Gasteiger partial charge in [-0.2, -0.15) is 6.20 Å². The molecule has 1 rings (SSSR count). The van der Waals surface area contributed by atoms with Gasteiger partial charge in [0.25, 0.3) is 0 Å². The van der Waals surface area contributed by atoms with E-state index >= 15 is 0 Å². The van der Waals surface area contributed by atoms with Crippen LogP contribution in [0.5, 0.6) is 0 Å². The second-order valence-electron chi connectivity index (χ2n) is 0.698. The molecule has 1 aromatic heterocycles. The van der Waals surface area contributed by atoms with E-state index < -0.39 is 0 Å². The molecule has 0 aliphatic carbocycles. The van der Waals surface area contributed by atoms with Gasteiger partial charge >= 0.3 is 18.9 Å². The minimum Gasteiger partial charge on any atom is -0.433 e. The summed E-state index contributed by atoms with van der Waals surface area (Å²) in [6, 6.07) is 2.69. The Balaban J connectivity index is 0.000000250. The molecular formula is C3H3LiN2. The summed E-state index contributed by atoms with van der Waals surface area (Å²) in [5, 5.41) is 6.10. The Labute approximate surface area is 48.1 Å². The average Bonchev–Trinajstić information content (AvgIpc) is 1.76. The number of aromatic amines is 1. The van der Waals surface area contributed by atoms with E-state index in [0.717, 1.165) is 0 Å². The minimum atomic E-state index is 0. The maximum atomic E-state index is 3.54. The van der Waals surface area contributed by atoms with Crippen LogP contribution >= 0.6 is 0 Å². The summed E-state index contributed by atoms with van der Waals surface area (Å²) in [5.41, 5.74) is 0. The molecule has 1 heterocycles. The first-order valence-electron chi connectivity index (χ1n) is 1.35. The zero-order chi connectivity index (χ0) is 3.54. The molecule has 0 aliphatic rings. The molecule has 2 nitrogen and oxygen atoms in total. The van der Waals surface area contributed by atoms with Crippen LogP contribution in [-0.4, -0.2) is 10.2 Å². The number of hydrogen-bond donors (Lipinski definition) is 1. The molecule has 0 amide bonds. The van der Waals surface area contributed by atoms with Crippen molar-refractivity contribution in [3.8, 4) is 0 Å². The van der Waals surface area contributed by atoms with Crippen LogP contribution in [0.4, 0.5) is 0 Å². The molecule has 0 saturated heterocycles. The Kier molecular flexibility index (Phi) is 2.92. The van der Waals surface area contributed by atoms with Crippen LogP contribution in [0.25, 0.3) is 0 Å². The summed E-state index contributed by atoms with van der Waals surface area (Å²) in [4.78, 5) is 0. The fraction of sp³-hybridized carbons (Fsp3) is 0. The molecule has 0 fully saturated rings. The number of H-pyrrole nitrogens is 1. The number of rotatable bonds is 0. The summed E-state index contributed by atoms with van der Waals surface area (Å²) in [7, 11) is 0. The average molecular weight is 74.0 g/mol. The van der Waals surface area contributed by atoms with Crippen molar-refractivity contribution in [3.63, 3.8) is 0 Å². The quantitative estimate of drug-likeness (QED) is 0.261.